The molecule has 0 bridgehead atoms. The Balaban J connectivity index is 2.08. The summed E-state index contributed by atoms with van der Waals surface area (Å²) < 4.78 is 0. The number of nitrogens with one attached hydrogen (secondary N) is 1. The van der Waals surface area contributed by atoms with Gasteiger partial charge in [-0.25, -0.2) is 0 Å². The van der Waals surface area contributed by atoms with Gasteiger partial charge in [0.1, 0.15) is 5.69 Å². The lowest BCUT2D eigenvalue weighted by molar-refractivity contribution is -0.384. The van der Waals surface area contributed by atoms with Gasteiger partial charge in [0, 0.05) is 25.7 Å². The molecular formula is C16H25N3O2. The Hall–Kier alpha value is -1.62. The summed E-state index contributed by atoms with van der Waals surface area (Å²) in [6.07, 6.45) is 3.45. The lowest BCUT2D eigenvalue weighted by atomic mass is 10.1. The smallest absolute Gasteiger partial charge is 0.292 e. The maximum Gasteiger partial charge on any atom is 0.292 e. The zero-order valence-electron chi connectivity index (χ0n) is 13.0. The highest BCUT2D eigenvalue weighted by Gasteiger charge is 2.21. The summed E-state index contributed by atoms with van der Waals surface area (Å²) >= 11 is 0. The van der Waals surface area contributed by atoms with Crippen LogP contribution in [-0.4, -0.2) is 29.5 Å². The van der Waals surface area contributed by atoms with Gasteiger partial charge in [-0.2, -0.15) is 0 Å². The molecule has 1 unspecified atom stereocenters. The van der Waals surface area contributed by atoms with Gasteiger partial charge in [-0.3, -0.25) is 15.0 Å². The Kier molecular flexibility index (Phi) is 5.56. The molecule has 21 heavy (non-hydrogen) atoms. The van der Waals surface area contributed by atoms with Gasteiger partial charge < -0.3 is 5.32 Å². The number of benzene rings is 1. The summed E-state index contributed by atoms with van der Waals surface area (Å²) in [5.41, 5.74) is 1.96. The molecule has 0 spiro atoms. The van der Waals surface area contributed by atoms with Gasteiger partial charge in [-0.15, -0.1) is 0 Å². The minimum absolute atomic E-state index is 0.167. The van der Waals surface area contributed by atoms with Crippen molar-refractivity contribution in [2.24, 2.45) is 5.92 Å². The van der Waals surface area contributed by atoms with Crippen LogP contribution < -0.4 is 5.32 Å². The number of likely N-dealkylation sites (tertiary alicyclic amines) is 1. The van der Waals surface area contributed by atoms with Crippen LogP contribution in [0.25, 0.3) is 0 Å². The maximum absolute atomic E-state index is 11.1. The number of anilines is 1. The molecule has 5 nitrogen and oxygen atoms in total. The molecule has 1 aliphatic rings. The van der Waals surface area contributed by atoms with Gasteiger partial charge in [0.05, 0.1) is 4.92 Å². The summed E-state index contributed by atoms with van der Waals surface area (Å²) in [7, 11) is 0. The van der Waals surface area contributed by atoms with E-state index in [1.165, 1.54) is 12.8 Å². The molecule has 1 atom stereocenters. The topological polar surface area (TPSA) is 58.4 Å². The van der Waals surface area contributed by atoms with E-state index >= 15 is 0 Å². The number of hydrogen-bond acceptors (Lipinski definition) is 4. The lowest BCUT2D eigenvalue weighted by Crippen LogP contribution is -2.20. The molecular weight excluding hydrogens is 266 g/mol. The molecule has 0 aromatic heterocycles. The van der Waals surface area contributed by atoms with Crippen molar-refractivity contribution in [2.45, 2.75) is 39.7 Å². The van der Waals surface area contributed by atoms with Crippen LogP contribution in [0.3, 0.4) is 0 Å². The van der Waals surface area contributed by atoms with Crippen molar-refractivity contribution in [2.75, 3.05) is 25.0 Å². The first kappa shape index (κ1) is 15.8. The van der Waals surface area contributed by atoms with Crippen molar-refractivity contribution >= 4 is 11.4 Å². The van der Waals surface area contributed by atoms with E-state index in [1.807, 2.05) is 12.1 Å². The first-order chi connectivity index (χ1) is 10.1. The minimum atomic E-state index is -0.315. The molecule has 0 saturated carbocycles. The summed E-state index contributed by atoms with van der Waals surface area (Å²) in [5, 5.41) is 14.2. The number of nitro groups is 1. The molecule has 1 fully saturated rings. The van der Waals surface area contributed by atoms with E-state index in [9.17, 15) is 10.1 Å². The van der Waals surface area contributed by atoms with E-state index in [-0.39, 0.29) is 10.6 Å². The molecule has 0 aliphatic carbocycles. The maximum atomic E-state index is 11.1. The number of hydrogen-bond donors (Lipinski definition) is 1. The van der Waals surface area contributed by atoms with Crippen LogP contribution in [0.5, 0.6) is 0 Å². The second-order valence-corrected chi connectivity index (χ2v) is 5.83. The van der Waals surface area contributed by atoms with Crippen molar-refractivity contribution in [1.29, 1.82) is 0 Å². The molecule has 2 rings (SSSR count). The van der Waals surface area contributed by atoms with Gasteiger partial charge in [0.25, 0.3) is 5.69 Å². The van der Waals surface area contributed by atoms with Gasteiger partial charge in [-0.05, 0) is 36.9 Å². The minimum Gasteiger partial charge on any atom is -0.379 e. The second kappa shape index (κ2) is 7.41. The fourth-order valence-electron chi connectivity index (χ4n) is 2.89. The van der Waals surface area contributed by atoms with E-state index in [2.05, 4.69) is 24.1 Å². The summed E-state index contributed by atoms with van der Waals surface area (Å²) in [6, 6.07) is 5.45. The van der Waals surface area contributed by atoms with Crippen LogP contribution in [0.1, 0.15) is 38.7 Å². The number of rotatable bonds is 7. The van der Waals surface area contributed by atoms with E-state index in [4.69, 9.17) is 0 Å². The first-order valence-corrected chi connectivity index (χ1v) is 7.87. The molecule has 1 aliphatic heterocycles. The number of nitrogens with zero attached hydrogens (tertiary/aromatic N) is 2. The fraction of sp³-hybridized carbons (Fsp3) is 0.625. The monoisotopic (exact) mass is 291 g/mol. The Morgan fingerprint density at radius 2 is 2.24 bits per heavy atom. The zero-order valence-corrected chi connectivity index (χ0v) is 13.0. The van der Waals surface area contributed by atoms with Crippen LogP contribution >= 0.6 is 0 Å². The standard InChI is InChI=1S/C16H25N3O2/c1-3-8-17-15-10-14(5-6-16(15)19(20)21)12-18-9-7-13(4-2)11-18/h5-6,10,13,17H,3-4,7-9,11-12H2,1-2H3. The quantitative estimate of drug-likeness (QED) is 0.615. The summed E-state index contributed by atoms with van der Waals surface area (Å²) in [6.45, 7) is 8.21. The third-order valence-electron chi connectivity index (χ3n) is 4.18. The predicted octanol–water partition coefficient (Wildman–Crippen LogP) is 3.65. The number of nitro benzene ring substituents is 1. The highest BCUT2D eigenvalue weighted by atomic mass is 16.6. The van der Waals surface area contributed by atoms with E-state index in [0.29, 0.717) is 5.69 Å². The molecule has 1 N–H and O–H groups in total. The van der Waals surface area contributed by atoms with Crippen molar-refractivity contribution in [3.8, 4) is 0 Å². The Labute approximate surface area is 126 Å². The highest BCUT2D eigenvalue weighted by molar-refractivity contribution is 5.62. The Bertz CT molecular complexity index is 490. The van der Waals surface area contributed by atoms with Crippen molar-refractivity contribution < 1.29 is 4.92 Å². The van der Waals surface area contributed by atoms with Crippen molar-refractivity contribution in [3.05, 3.63) is 33.9 Å². The van der Waals surface area contributed by atoms with Gasteiger partial charge >= 0.3 is 0 Å². The molecule has 1 aromatic rings. The fourth-order valence-corrected chi connectivity index (χ4v) is 2.89. The third-order valence-corrected chi connectivity index (χ3v) is 4.18. The van der Waals surface area contributed by atoms with Crippen LogP contribution in [0.2, 0.25) is 0 Å². The molecule has 1 saturated heterocycles. The van der Waals surface area contributed by atoms with Crippen LogP contribution in [0.15, 0.2) is 18.2 Å². The zero-order chi connectivity index (χ0) is 15.2. The van der Waals surface area contributed by atoms with Crippen LogP contribution in [0, 0.1) is 16.0 Å². The van der Waals surface area contributed by atoms with Crippen LogP contribution in [0.4, 0.5) is 11.4 Å². The van der Waals surface area contributed by atoms with Crippen molar-refractivity contribution in [3.63, 3.8) is 0 Å². The van der Waals surface area contributed by atoms with E-state index in [0.717, 1.165) is 44.1 Å². The van der Waals surface area contributed by atoms with E-state index < -0.39 is 0 Å². The summed E-state index contributed by atoms with van der Waals surface area (Å²) in [4.78, 5) is 13.2. The molecule has 1 heterocycles. The molecule has 5 heteroatoms. The average Bonchev–Trinajstić information content (AvgIpc) is 2.92. The SMILES string of the molecule is CCCNc1cc(CN2CCC(CC)C2)ccc1[N+](=O)[O-]. The van der Waals surface area contributed by atoms with Crippen LogP contribution in [-0.2, 0) is 6.54 Å². The summed E-state index contributed by atoms with van der Waals surface area (Å²) in [5.74, 6) is 0.806. The highest BCUT2D eigenvalue weighted by Crippen LogP contribution is 2.27. The molecule has 0 radical (unpaired) electrons. The largest absolute Gasteiger partial charge is 0.379 e. The second-order valence-electron chi connectivity index (χ2n) is 5.83. The first-order valence-electron chi connectivity index (χ1n) is 7.87. The molecule has 1 aromatic carbocycles. The van der Waals surface area contributed by atoms with Gasteiger partial charge in [-0.1, -0.05) is 26.3 Å². The predicted molar refractivity (Wildman–Crippen MR) is 85.6 cm³/mol. The normalized spacial score (nSPS) is 18.9. The lowest BCUT2D eigenvalue weighted by Gasteiger charge is -2.16. The average molecular weight is 291 g/mol. The van der Waals surface area contributed by atoms with Gasteiger partial charge in [0.15, 0.2) is 0 Å². The molecule has 0 amide bonds. The van der Waals surface area contributed by atoms with Crippen molar-refractivity contribution in [1.82, 2.24) is 4.90 Å². The Morgan fingerprint density at radius 3 is 2.86 bits per heavy atom. The Morgan fingerprint density at radius 1 is 1.43 bits per heavy atom. The third kappa shape index (κ3) is 4.17. The van der Waals surface area contributed by atoms with Gasteiger partial charge in [0.2, 0.25) is 0 Å². The molecule has 116 valence electrons. The van der Waals surface area contributed by atoms with E-state index in [1.54, 1.807) is 6.07 Å².